The lowest BCUT2D eigenvalue weighted by molar-refractivity contribution is -0.161. The fourth-order valence-corrected chi connectivity index (χ4v) is 4.05. The Labute approximate surface area is 257 Å². The molecular weight excluding hydrogens is 524 g/mol. The van der Waals surface area contributed by atoms with Crippen molar-refractivity contribution in [1.82, 2.24) is 0 Å². The van der Waals surface area contributed by atoms with Crippen LogP contribution in [0.1, 0.15) is 129 Å². The summed E-state index contributed by atoms with van der Waals surface area (Å²) in [6.45, 7) is 3.91. The summed E-state index contributed by atoms with van der Waals surface area (Å²) in [6, 6.07) is 0. The van der Waals surface area contributed by atoms with Crippen molar-refractivity contribution in [1.29, 1.82) is 0 Å². The van der Waals surface area contributed by atoms with E-state index in [4.69, 9.17) is 9.47 Å². The van der Waals surface area contributed by atoms with Gasteiger partial charge in [0.1, 0.15) is 6.61 Å². The van der Waals surface area contributed by atoms with Crippen LogP contribution in [0.4, 0.5) is 0 Å². The van der Waals surface area contributed by atoms with E-state index in [-0.39, 0.29) is 25.6 Å². The molecule has 0 aromatic heterocycles. The van der Waals surface area contributed by atoms with E-state index in [1.807, 2.05) is 12.2 Å². The van der Waals surface area contributed by atoms with Crippen LogP contribution in [0.15, 0.2) is 72.9 Å². The Balaban J connectivity index is 3.78. The molecule has 0 rings (SSSR count). The van der Waals surface area contributed by atoms with Crippen molar-refractivity contribution in [2.45, 2.75) is 136 Å². The zero-order valence-corrected chi connectivity index (χ0v) is 26.7. The van der Waals surface area contributed by atoms with E-state index >= 15 is 0 Å². The van der Waals surface area contributed by atoms with E-state index in [1.165, 1.54) is 38.5 Å². The minimum Gasteiger partial charge on any atom is -0.462 e. The predicted molar refractivity (Wildman–Crippen MR) is 177 cm³/mol. The van der Waals surface area contributed by atoms with Gasteiger partial charge in [-0.25, -0.2) is 0 Å². The quantitative estimate of drug-likeness (QED) is 0.0563. The number of carbonyl (C=O) groups excluding carboxylic acids is 2. The van der Waals surface area contributed by atoms with Crippen LogP contribution in [0, 0.1) is 0 Å². The van der Waals surface area contributed by atoms with E-state index in [0.717, 1.165) is 57.8 Å². The molecule has 5 heteroatoms. The number of unbranched alkanes of at least 4 members (excludes halogenated alkanes) is 8. The van der Waals surface area contributed by atoms with Crippen LogP contribution in [0.25, 0.3) is 0 Å². The number of esters is 2. The number of hydrogen-bond donors (Lipinski definition) is 1. The van der Waals surface area contributed by atoms with Crippen LogP contribution in [0.2, 0.25) is 0 Å². The zero-order chi connectivity index (χ0) is 30.8. The largest absolute Gasteiger partial charge is 0.462 e. The second-order valence-electron chi connectivity index (χ2n) is 10.5. The van der Waals surface area contributed by atoms with Crippen molar-refractivity contribution in [3.63, 3.8) is 0 Å². The van der Waals surface area contributed by atoms with Gasteiger partial charge in [-0.15, -0.1) is 0 Å². The van der Waals surface area contributed by atoms with Crippen LogP contribution in [0.5, 0.6) is 0 Å². The van der Waals surface area contributed by atoms with Gasteiger partial charge in [0.2, 0.25) is 0 Å². The fourth-order valence-electron chi connectivity index (χ4n) is 4.05. The smallest absolute Gasteiger partial charge is 0.306 e. The average molecular weight is 585 g/mol. The number of rotatable bonds is 28. The summed E-state index contributed by atoms with van der Waals surface area (Å²) in [5.41, 5.74) is 0. The van der Waals surface area contributed by atoms with Crippen molar-refractivity contribution in [2.24, 2.45) is 0 Å². The molecule has 0 saturated carbocycles. The van der Waals surface area contributed by atoms with Crippen LogP contribution in [-0.4, -0.2) is 36.4 Å². The van der Waals surface area contributed by atoms with Crippen LogP contribution in [-0.2, 0) is 19.1 Å². The summed E-state index contributed by atoms with van der Waals surface area (Å²) in [4.78, 5) is 24.0. The number of ether oxygens (including phenoxy) is 2. The number of hydrogen-bond acceptors (Lipinski definition) is 5. The van der Waals surface area contributed by atoms with Gasteiger partial charge in [0, 0.05) is 12.8 Å². The normalized spacial score (nSPS) is 13.1. The third kappa shape index (κ3) is 30.3. The highest BCUT2D eigenvalue weighted by atomic mass is 16.6. The third-order valence-corrected chi connectivity index (χ3v) is 6.53. The molecule has 1 N–H and O–H groups in total. The van der Waals surface area contributed by atoms with Crippen LogP contribution < -0.4 is 0 Å². The predicted octanol–water partition coefficient (Wildman–Crippen LogP) is 9.83. The Morgan fingerprint density at radius 1 is 0.571 bits per heavy atom. The maximum atomic E-state index is 12.1. The lowest BCUT2D eigenvalue weighted by Crippen LogP contribution is -2.28. The molecule has 0 aliphatic carbocycles. The topological polar surface area (TPSA) is 72.8 Å². The van der Waals surface area contributed by atoms with E-state index in [0.29, 0.717) is 12.8 Å². The molecule has 0 saturated heterocycles. The maximum Gasteiger partial charge on any atom is 0.306 e. The first-order chi connectivity index (χ1) is 20.6. The lowest BCUT2D eigenvalue weighted by atomic mass is 10.1. The Morgan fingerprint density at radius 3 is 1.50 bits per heavy atom. The molecule has 238 valence electrons. The molecule has 0 bridgehead atoms. The van der Waals surface area contributed by atoms with E-state index < -0.39 is 12.1 Å². The summed E-state index contributed by atoms with van der Waals surface area (Å²) in [5.74, 6) is -0.700. The summed E-state index contributed by atoms with van der Waals surface area (Å²) in [7, 11) is 0. The maximum absolute atomic E-state index is 12.1. The Morgan fingerprint density at radius 2 is 1.02 bits per heavy atom. The first-order valence-corrected chi connectivity index (χ1v) is 16.5. The first-order valence-electron chi connectivity index (χ1n) is 16.5. The average Bonchev–Trinajstić information content (AvgIpc) is 2.99. The molecule has 0 fully saturated rings. The number of carbonyl (C=O) groups is 2. The minimum atomic E-state index is -0.810. The monoisotopic (exact) mass is 584 g/mol. The molecule has 0 radical (unpaired) electrons. The van der Waals surface area contributed by atoms with Crippen LogP contribution in [0.3, 0.4) is 0 Å². The first kappa shape index (κ1) is 39.3. The molecule has 0 spiro atoms. The lowest BCUT2D eigenvalue weighted by Gasteiger charge is -2.15. The van der Waals surface area contributed by atoms with Gasteiger partial charge in [-0.1, -0.05) is 138 Å². The molecular formula is C37H60O5. The number of aliphatic hydroxyl groups is 1. The molecule has 5 nitrogen and oxygen atoms in total. The molecule has 0 aliphatic heterocycles. The molecule has 0 aromatic rings. The van der Waals surface area contributed by atoms with Gasteiger partial charge in [0.15, 0.2) is 6.10 Å². The van der Waals surface area contributed by atoms with Crippen molar-refractivity contribution in [2.75, 3.05) is 13.2 Å². The van der Waals surface area contributed by atoms with E-state index in [9.17, 15) is 14.7 Å². The number of allylic oxidation sites excluding steroid dienone is 12. The Hall–Kier alpha value is -2.66. The Kier molecular flexibility index (Phi) is 30.8. The van der Waals surface area contributed by atoms with Crippen molar-refractivity contribution < 1.29 is 24.2 Å². The second-order valence-corrected chi connectivity index (χ2v) is 10.5. The summed E-state index contributed by atoms with van der Waals surface area (Å²) in [6.07, 6.45) is 42.5. The van der Waals surface area contributed by atoms with Gasteiger partial charge in [-0.3, -0.25) is 9.59 Å². The molecule has 0 aliphatic rings. The Bertz CT molecular complexity index is 803. The molecule has 0 unspecified atom stereocenters. The zero-order valence-electron chi connectivity index (χ0n) is 26.7. The van der Waals surface area contributed by atoms with Crippen molar-refractivity contribution in [3.05, 3.63) is 72.9 Å². The van der Waals surface area contributed by atoms with Crippen LogP contribution >= 0.6 is 0 Å². The SMILES string of the molecule is CC/C=C/C/C=C/C/C=C/C/C=C/C/C=C/C/C=C/CCC(=O)O[C@@H](CO)COC(=O)CCCCCCCCCCC. The summed E-state index contributed by atoms with van der Waals surface area (Å²) >= 11 is 0. The standard InChI is InChI=1S/C37H60O5/c1-3-5-7-9-11-13-14-15-16-17-18-19-20-21-22-24-26-28-30-32-37(40)42-35(33-38)34-41-36(39)31-29-27-25-23-12-10-8-6-4-2/h5,7,11,13,15-16,18-19,21-22,26,28,35,38H,3-4,6,8-10,12,14,17,20,23-25,27,29-34H2,1-2H3/b7-5+,13-11+,16-15+,19-18+,22-21+,28-26+/t35-/m0/s1. The highest BCUT2D eigenvalue weighted by Crippen LogP contribution is 2.11. The van der Waals surface area contributed by atoms with Crippen molar-refractivity contribution >= 4 is 11.9 Å². The van der Waals surface area contributed by atoms with Crippen molar-refractivity contribution in [3.8, 4) is 0 Å². The van der Waals surface area contributed by atoms with Gasteiger partial charge in [-0.05, 0) is 51.4 Å². The molecule has 42 heavy (non-hydrogen) atoms. The number of aliphatic hydroxyl groups excluding tert-OH is 1. The van der Waals surface area contributed by atoms with E-state index in [1.54, 1.807) is 0 Å². The summed E-state index contributed by atoms with van der Waals surface area (Å²) < 4.78 is 10.5. The van der Waals surface area contributed by atoms with Gasteiger partial charge in [-0.2, -0.15) is 0 Å². The summed E-state index contributed by atoms with van der Waals surface area (Å²) in [5, 5.41) is 9.47. The third-order valence-electron chi connectivity index (χ3n) is 6.53. The minimum absolute atomic E-state index is 0.0988. The molecule has 0 aromatic carbocycles. The molecule has 1 atom stereocenters. The molecule has 0 heterocycles. The highest BCUT2D eigenvalue weighted by molar-refractivity contribution is 5.70. The molecule has 0 amide bonds. The van der Waals surface area contributed by atoms with Gasteiger partial charge >= 0.3 is 11.9 Å². The van der Waals surface area contributed by atoms with Gasteiger partial charge in [0.05, 0.1) is 6.61 Å². The van der Waals surface area contributed by atoms with Gasteiger partial charge < -0.3 is 14.6 Å². The second kappa shape index (κ2) is 32.8. The fraction of sp³-hybridized carbons (Fsp3) is 0.622. The van der Waals surface area contributed by atoms with E-state index in [2.05, 4.69) is 74.6 Å². The van der Waals surface area contributed by atoms with Gasteiger partial charge in [0.25, 0.3) is 0 Å². The highest BCUT2D eigenvalue weighted by Gasteiger charge is 2.15.